The number of hydrogen-bond acceptors (Lipinski definition) is 3. The normalized spacial score (nSPS) is 10.5. The van der Waals surface area contributed by atoms with Gasteiger partial charge in [-0.15, -0.1) is 0 Å². The predicted molar refractivity (Wildman–Crippen MR) is 63.6 cm³/mol. The molecule has 0 saturated heterocycles. The van der Waals surface area contributed by atoms with Crippen molar-refractivity contribution < 1.29 is 18.3 Å². The van der Waals surface area contributed by atoms with E-state index in [0.29, 0.717) is 24.2 Å². The number of carbonyl (C=O) groups excluding carboxylic acids is 1. The summed E-state index contributed by atoms with van der Waals surface area (Å²) >= 11 is 0. The number of aryl methyl sites for hydroxylation is 2. The first kappa shape index (κ1) is 13.2. The molecule has 0 aliphatic carbocycles. The molecule has 0 aliphatic heterocycles. The first-order chi connectivity index (χ1) is 9.10. The van der Waals surface area contributed by atoms with E-state index in [4.69, 9.17) is 0 Å². The molecule has 0 aliphatic rings. The van der Waals surface area contributed by atoms with E-state index in [-0.39, 0.29) is 0 Å². The largest absolute Gasteiger partial charge is 0.464 e. The van der Waals surface area contributed by atoms with E-state index >= 15 is 0 Å². The molecule has 2 aromatic rings. The average Bonchev–Trinajstić information content (AvgIpc) is 2.82. The molecule has 4 nitrogen and oxygen atoms in total. The number of carbonyl (C=O) groups is 1. The van der Waals surface area contributed by atoms with E-state index < -0.39 is 17.9 Å². The molecule has 0 aromatic carbocycles. The SMILES string of the molecule is COC(=O)c1cccn1CCc1cc(F)nc(F)c1. The fourth-order valence-corrected chi connectivity index (χ4v) is 1.81. The Bertz CT molecular complexity index is 576. The Morgan fingerprint density at radius 1 is 1.37 bits per heavy atom. The highest BCUT2D eigenvalue weighted by Crippen LogP contribution is 2.09. The van der Waals surface area contributed by atoms with Crippen molar-refractivity contribution in [1.29, 1.82) is 0 Å². The molecule has 19 heavy (non-hydrogen) atoms. The van der Waals surface area contributed by atoms with Crippen molar-refractivity contribution in [2.24, 2.45) is 0 Å². The van der Waals surface area contributed by atoms with Crippen molar-refractivity contribution in [3.05, 3.63) is 53.6 Å². The van der Waals surface area contributed by atoms with Crippen molar-refractivity contribution in [3.8, 4) is 0 Å². The van der Waals surface area contributed by atoms with Crippen LogP contribution in [0.2, 0.25) is 0 Å². The van der Waals surface area contributed by atoms with Gasteiger partial charge in [0, 0.05) is 12.7 Å². The zero-order chi connectivity index (χ0) is 13.8. The molecule has 2 aromatic heterocycles. The molecule has 0 bridgehead atoms. The first-order valence-electron chi connectivity index (χ1n) is 5.65. The lowest BCUT2D eigenvalue weighted by molar-refractivity contribution is 0.0588. The molecule has 6 heteroatoms. The summed E-state index contributed by atoms with van der Waals surface area (Å²) in [5.74, 6) is -2.15. The number of aromatic nitrogens is 2. The van der Waals surface area contributed by atoms with Crippen LogP contribution < -0.4 is 0 Å². The highest BCUT2D eigenvalue weighted by atomic mass is 19.1. The van der Waals surface area contributed by atoms with Crippen molar-refractivity contribution in [3.63, 3.8) is 0 Å². The van der Waals surface area contributed by atoms with Crippen molar-refractivity contribution in [2.45, 2.75) is 13.0 Å². The van der Waals surface area contributed by atoms with Crippen molar-refractivity contribution >= 4 is 5.97 Å². The quantitative estimate of drug-likeness (QED) is 0.629. The predicted octanol–water partition coefficient (Wildman–Crippen LogP) is 2.19. The average molecular weight is 266 g/mol. The van der Waals surface area contributed by atoms with Gasteiger partial charge in [-0.3, -0.25) is 0 Å². The summed E-state index contributed by atoms with van der Waals surface area (Å²) in [6, 6.07) is 5.67. The topological polar surface area (TPSA) is 44.1 Å². The molecule has 2 rings (SSSR count). The maximum absolute atomic E-state index is 12.9. The van der Waals surface area contributed by atoms with Crippen LogP contribution in [0.5, 0.6) is 0 Å². The molecule has 0 fully saturated rings. The fourth-order valence-electron chi connectivity index (χ4n) is 1.81. The third kappa shape index (κ3) is 3.15. The minimum atomic E-state index is -0.851. The molecular formula is C13H12F2N2O2. The lowest BCUT2D eigenvalue weighted by atomic mass is 10.2. The molecule has 0 saturated carbocycles. The maximum atomic E-state index is 12.9. The molecule has 0 N–H and O–H groups in total. The molecule has 0 spiro atoms. The zero-order valence-corrected chi connectivity index (χ0v) is 10.3. The number of methoxy groups -OCH3 is 1. The highest BCUT2D eigenvalue weighted by molar-refractivity contribution is 5.87. The summed E-state index contributed by atoms with van der Waals surface area (Å²) in [6.45, 7) is 0.417. The van der Waals surface area contributed by atoms with Gasteiger partial charge in [0.15, 0.2) is 0 Å². The summed E-state index contributed by atoms with van der Waals surface area (Å²) < 4.78 is 32.2. The lowest BCUT2D eigenvalue weighted by Crippen LogP contribution is -2.11. The number of ether oxygens (including phenoxy) is 1. The summed E-state index contributed by atoms with van der Waals surface area (Å²) in [7, 11) is 1.30. The highest BCUT2D eigenvalue weighted by Gasteiger charge is 2.11. The zero-order valence-electron chi connectivity index (χ0n) is 10.3. The Hall–Kier alpha value is -2.24. The van der Waals surface area contributed by atoms with E-state index in [2.05, 4.69) is 9.72 Å². The Kier molecular flexibility index (Phi) is 3.89. The standard InChI is InChI=1S/C13H12F2N2O2/c1-19-13(18)10-3-2-5-17(10)6-4-9-7-11(14)16-12(15)8-9/h2-3,5,7-8H,4,6H2,1H3. The van der Waals surface area contributed by atoms with Crippen molar-refractivity contribution in [2.75, 3.05) is 7.11 Å². The van der Waals surface area contributed by atoms with Gasteiger partial charge in [-0.1, -0.05) is 0 Å². The van der Waals surface area contributed by atoms with Gasteiger partial charge in [-0.25, -0.2) is 4.79 Å². The van der Waals surface area contributed by atoms with Crippen LogP contribution in [0.4, 0.5) is 8.78 Å². The molecule has 0 atom stereocenters. The third-order valence-corrected chi connectivity index (χ3v) is 2.69. The van der Waals surface area contributed by atoms with Gasteiger partial charge in [0.25, 0.3) is 0 Å². The Morgan fingerprint density at radius 3 is 2.68 bits per heavy atom. The van der Waals surface area contributed by atoms with Crippen LogP contribution in [0.15, 0.2) is 30.5 Å². The molecule has 100 valence electrons. The van der Waals surface area contributed by atoms with E-state index in [0.717, 1.165) is 0 Å². The fraction of sp³-hybridized carbons (Fsp3) is 0.231. The van der Waals surface area contributed by atoms with E-state index in [1.54, 1.807) is 22.9 Å². The summed E-state index contributed by atoms with van der Waals surface area (Å²) in [5.41, 5.74) is 0.881. The second-order valence-corrected chi connectivity index (χ2v) is 3.95. The molecule has 0 amide bonds. The maximum Gasteiger partial charge on any atom is 0.354 e. The number of esters is 1. The van der Waals surface area contributed by atoms with Gasteiger partial charge in [0.2, 0.25) is 11.9 Å². The van der Waals surface area contributed by atoms with Crippen LogP contribution in [0.1, 0.15) is 16.1 Å². The second kappa shape index (κ2) is 5.60. The van der Waals surface area contributed by atoms with E-state index in [1.165, 1.54) is 19.2 Å². The molecule has 0 unspecified atom stereocenters. The number of nitrogens with zero attached hydrogens (tertiary/aromatic N) is 2. The second-order valence-electron chi connectivity index (χ2n) is 3.95. The van der Waals surface area contributed by atoms with Gasteiger partial charge in [-0.2, -0.15) is 13.8 Å². The van der Waals surface area contributed by atoms with Crippen LogP contribution in [-0.2, 0) is 17.7 Å². The summed E-state index contributed by atoms with van der Waals surface area (Å²) in [5, 5.41) is 0. The number of hydrogen-bond donors (Lipinski definition) is 0. The third-order valence-electron chi connectivity index (χ3n) is 2.69. The van der Waals surface area contributed by atoms with Crippen LogP contribution in [0.25, 0.3) is 0 Å². The van der Waals surface area contributed by atoms with Gasteiger partial charge in [-0.05, 0) is 36.2 Å². The number of rotatable bonds is 4. The van der Waals surface area contributed by atoms with E-state index in [9.17, 15) is 13.6 Å². The van der Waals surface area contributed by atoms with Crippen LogP contribution in [-0.4, -0.2) is 22.6 Å². The van der Waals surface area contributed by atoms with Crippen LogP contribution in [0.3, 0.4) is 0 Å². The number of halogens is 2. The van der Waals surface area contributed by atoms with Gasteiger partial charge < -0.3 is 9.30 Å². The van der Waals surface area contributed by atoms with Crippen LogP contribution >= 0.6 is 0 Å². The molecule has 2 heterocycles. The number of pyridine rings is 1. The Balaban J connectivity index is 2.10. The minimum absolute atomic E-state index is 0.384. The van der Waals surface area contributed by atoms with Gasteiger partial charge in [0.1, 0.15) is 5.69 Å². The Labute approximate surface area is 108 Å². The Morgan fingerprint density at radius 2 is 2.05 bits per heavy atom. The lowest BCUT2D eigenvalue weighted by Gasteiger charge is -2.07. The summed E-state index contributed by atoms with van der Waals surface area (Å²) in [4.78, 5) is 14.5. The minimum Gasteiger partial charge on any atom is -0.464 e. The van der Waals surface area contributed by atoms with Crippen molar-refractivity contribution in [1.82, 2.24) is 9.55 Å². The van der Waals surface area contributed by atoms with E-state index in [1.807, 2.05) is 0 Å². The molecule has 0 radical (unpaired) electrons. The monoisotopic (exact) mass is 266 g/mol. The van der Waals surface area contributed by atoms with Gasteiger partial charge >= 0.3 is 5.97 Å². The van der Waals surface area contributed by atoms with Gasteiger partial charge in [0.05, 0.1) is 7.11 Å². The smallest absolute Gasteiger partial charge is 0.354 e. The molecular weight excluding hydrogens is 254 g/mol. The van der Waals surface area contributed by atoms with Crippen LogP contribution in [0, 0.1) is 11.9 Å². The summed E-state index contributed by atoms with van der Waals surface area (Å²) in [6.07, 6.45) is 2.09. The first-order valence-corrected chi connectivity index (χ1v) is 5.65.